The second-order valence-corrected chi connectivity index (χ2v) is 7.08. The van der Waals surface area contributed by atoms with Gasteiger partial charge >= 0.3 is 0 Å². The lowest BCUT2D eigenvalue weighted by Gasteiger charge is -2.32. The maximum absolute atomic E-state index is 5.96. The fourth-order valence-electron chi connectivity index (χ4n) is 3.11. The van der Waals surface area contributed by atoms with Gasteiger partial charge in [0.2, 0.25) is 0 Å². The smallest absolute Gasteiger partial charge is 0.191 e. The Morgan fingerprint density at radius 2 is 2.00 bits per heavy atom. The topological polar surface area (TPSA) is 48.9 Å². The first kappa shape index (κ1) is 20.0. The molecule has 2 rings (SSSR count). The van der Waals surface area contributed by atoms with Crippen LogP contribution >= 0.6 is 11.6 Å². The van der Waals surface area contributed by atoms with Crippen LogP contribution in [-0.4, -0.2) is 57.8 Å². The van der Waals surface area contributed by atoms with Gasteiger partial charge in [0, 0.05) is 32.3 Å². The number of likely N-dealkylation sites (tertiary alicyclic amines) is 1. The van der Waals surface area contributed by atoms with Crippen molar-refractivity contribution in [2.75, 3.05) is 46.9 Å². The number of ether oxygens (including phenoxy) is 1. The third-order valence-corrected chi connectivity index (χ3v) is 5.08. The maximum Gasteiger partial charge on any atom is 0.191 e. The van der Waals surface area contributed by atoms with E-state index in [0.717, 1.165) is 43.8 Å². The van der Waals surface area contributed by atoms with Crippen LogP contribution in [-0.2, 0) is 4.74 Å². The minimum atomic E-state index is 0.180. The zero-order valence-electron chi connectivity index (χ0n) is 15.6. The van der Waals surface area contributed by atoms with Gasteiger partial charge in [0.05, 0.1) is 12.6 Å². The summed E-state index contributed by atoms with van der Waals surface area (Å²) < 4.78 is 5.16. The van der Waals surface area contributed by atoms with Crippen molar-refractivity contribution in [3.8, 4) is 0 Å². The van der Waals surface area contributed by atoms with E-state index >= 15 is 0 Å². The number of benzene rings is 1. The largest absolute Gasteiger partial charge is 0.383 e. The van der Waals surface area contributed by atoms with Crippen LogP contribution in [0.15, 0.2) is 29.3 Å². The molecule has 1 aromatic rings. The minimum Gasteiger partial charge on any atom is -0.383 e. The Balaban J connectivity index is 1.73. The number of hydrogen-bond donors (Lipinski definition) is 2. The second kappa shape index (κ2) is 10.6. The molecule has 6 heteroatoms. The Labute approximate surface area is 156 Å². The average molecular weight is 367 g/mol. The molecule has 0 aromatic heterocycles. The fraction of sp³-hybridized carbons (Fsp3) is 0.632. The molecule has 0 spiro atoms. The molecule has 0 saturated carbocycles. The van der Waals surface area contributed by atoms with Crippen LogP contribution in [0.2, 0.25) is 5.02 Å². The lowest BCUT2D eigenvalue weighted by Crippen LogP contribution is -2.43. The van der Waals surface area contributed by atoms with E-state index in [2.05, 4.69) is 27.4 Å². The molecule has 1 saturated heterocycles. The summed E-state index contributed by atoms with van der Waals surface area (Å²) in [5, 5.41) is 7.69. The third kappa shape index (κ3) is 6.84. The second-order valence-electron chi connectivity index (χ2n) is 6.65. The molecule has 1 aliphatic rings. The van der Waals surface area contributed by atoms with Crippen molar-refractivity contribution in [2.45, 2.75) is 25.8 Å². The summed E-state index contributed by atoms with van der Waals surface area (Å²) in [5.74, 6) is 1.55. The first-order valence-electron chi connectivity index (χ1n) is 9.06. The zero-order valence-corrected chi connectivity index (χ0v) is 16.4. The van der Waals surface area contributed by atoms with Gasteiger partial charge in [-0.2, -0.15) is 0 Å². The molecule has 140 valence electrons. The molecule has 1 unspecified atom stereocenters. The Morgan fingerprint density at radius 3 is 2.60 bits per heavy atom. The molecule has 25 heavy (non-hydrogen) atoms. The number of hydrogen-bond acceptors (Lipinski definition) is 3. The van der Waals surface area contributed by atoms with Crippen molar-refractivity contribution in [3.05, 3.63) is 34.9 Å². The predicted molar refractivity (Wildman–Crippen MR) is 105 cm³/mol. The number of nitrogens with one attached hydrogen (secondary N) is 2. The van der Waals surface area contributed by atoms with Gasteiger partial charge in [-0.15, -0.1) is 0 Å². The SMILES string of the molecule is CN=C(NCC1CCN(CCOC)CC1)NC(C)c1ccc(Cl)cc1. The number of rotatable bonds is 7. The highest BCUT2D eigenvalue weighted by molar-refractivity contribution is 6.30. The van der Waals surface area contributed by atoms with Crippen LogP contribution in [0.5, 0.6) is 0 Å². The highest BCUT2D eigenvalue weighted by atomic mass is 35.5. The Bertz CT molecular complexity index is 527. The van der Waals surface area contributed by atoms with E-state index in [1.807, 2.05) is 31.3 Å². The number of methoxy groups -OCH3 is 1. The highest BCUT2D eigenvalue weighted by Crippen LogP contribution is 2.17. The molecule has 2 N–H and O–H groups in total. The van der Waals surface area contributed by atoms with Crippen LogP contribution in [0.1, 0.15) is 31.4 Å². The van der Waals surface area contributed by atoms with Crippen molar-refractivity contribution < 1.29 is 4.74 Å². The van der Waals surface area contributed by atoms with Gasteiger partial charge in [0.25, 0.3) is 0 Å². The van der Waals surface area contributed by atoms with Gasteiger partial charge < -0.3 is 20.3 Å². The van der Waals surface area contributed by atoms with Crippen LogP contribution < -0.4 is 10.6 Å². The Kier molecular flexibility index (Phi) is 8.52. The van der Waals surface area contributed by atoms with Crippen molar-refractivity contribution in [1.82, 2.24) is 15.5 Å². The fourth-order valence-corrected chi connectivity index (χ4v) is 3.24. The summed E-state index contributed by atoms with van der Waals surface area (Å²) >= 11 is 5.96. The van der Waals surface area contributed by atoms with E-state index in [0.29, 0.717) is 5.92 Å². The van der Waals surface area contributed by atoms with E-state index in [-0.39, 0.29) is 6.04 Å². The van der Waals surface area contributed by atoms with Crippen molar-refractivity contribution in [1.29, 1.82) is 0 Å². The van der Waals surface area contributed by atoms with E-state index < -0.39 is 0 Å². The number of nitrogens with zero attached hydrogens (tertiary/aromatic N) is 2. The number of aliphatic imine (C=N–C) groups is 1. The first-order valence-corrected chi connectivity index (χ1v) is 9.44. The lowest BCUT2D eigenvalue weighted by atomic mass is 9.97. The highest BCUT2D eigenvalue weighted by Gasteiger charge is 2.19. The molecular weight excluding hydrogens is 336 g/mol. The van der Waals surface area contributed by atoms with E-state index in [1.54, 1.807) is 7.11 Å². The molecule has 1 aromatic carbocycles. The summed E-state index contributed by atoms with van der Waals surface area (Å²) in [4.78, 5) is 6.83. The van der Waals surface area contributed by atoms with Gasteiger partial charge in [0.15, 0.2) is 5.96 Å². The molecule has 0 amide bonds. The summed E-state index contributed by atoms with van der Waals surface area (Å²) in [5.41, 5.74) is 1.19. The van der Waals surface area contributed by atoms with Crippen molar-refractivity contribution >= 4 is 17.6 Å². The van der Waals surface area contributed by atoms with Gasteiger partial charge in [-0.25, -0.2) is 0 Å². The standard InChI is InChI=1S/C19H31ClN4O/c1-15(17-4-6-18(20)7-5-17)23-19(21-2)22-14-16-8-10-24(11-9-16)12-13-25-3/h4-7,15-16H,8-14H2,1-3H3,(H2,21,22,23). The summed E-state index contributed by atoms with van der Waals surface area (Å²) in [6.45, 7) is 7.27. The maximum atomic E-state index is 5.96. The molecule has 0 aliphatic carbocycles. The first-order chi connectivity index (χ1) is 12.1. The van der Waals surface area contributed by atoms with E-state index in [1.165, 1.54) is 18.4 Å². The third-order valence-electron chi connectivity index (χ3n) is 4.82. The summed E-state index contributed by atoms with van der Waals surface area (Å²) in [6, 6.07) is 8.11. The number of guanidine groups is 1. The number of piperidine rings is 1. The van der Waals surface area contributed by atoms with Gasteiger partial charge in [-0.05, 0) is 56.5 Å². The van der Waals surface area contributed by atoms with Crippen molar-refractivity contribution in [2.24, 2.45) is 10.9 Å². The summed E-state index contributed by atoms with van der Waals surface area (Å²) in [6.07, 6.45) is 2.45. The quantitative estimate of drug-likeness (QED) is 0.575. The monoisotopic (exact) mass is 366 g/mol. The Morgan fingerprint density at radius 1 is 1.32 bits per heavy atom. The normalized spacial score (nSPS) is 18.2. The molecule has 0 bridgehead atoms. The van der Waals surface area contributed by atoms with Gasteiger partial charge in [-0.1, -0.05) is 23.7 Å². The summed E-state index contributed by atoms with van der Waals surface area (Å²) in [7, 11) is 3.58. The Hall–Kier alpha value is -1.30. The molecular formula is C19H31ClN4O. The van der Waals surface area contributed by atoms with Gasteiger partial charge in [-0.3, -0.25) is 4.99 Å². The predicted octanol–water partition coefficient (Wildman–Crippen LogP) is 2.92. The molecule has 1 aliphatic heterocycles. The van der Waals surface area contributed by atoms with Crippen LogP contribution in [0.4, 0.5) is 0 Å². The molecule has 1 heterocycles. The van der Waals surface area contributed by atoms with Crippen molar-refractivity contribution in [3.63, 3.8) is 0 Å². The molecule has 1 fully saturated rings. The van der Waals surface area contributed by atoms with Crippen LogP contribution in [0.3, 0.4) is 0 Å². The molecule has 1 atom stereocenters. The minimum absolute atomic E-state index is 0.180. The van der Waals surface area contributed by atoms with Crippen LogP contribution in [0.25, 0.3) is 0 Å². The van der Waals surface area contributed by atoms with E-state index in [9.17, 15) is 0 Å². The molecule has 5 nitrogen and oxygen atoms in total. The molecule has 0 radical (unpaired) electrons. The van der Waals surface area contributed by atoms with Gasteiger partial charge in [0.1, 0.15) is 0 Å². The van der Waals surface area contributed by atoms with Crippen LogP contribution in [0, 0.1) is 5.92 Å². The zero-order chi connectivity index (χ0) is 18.1. The lowest BCUT2D eigenvalue weighted by molar-refractivity contribution is 0.121. The average Bonchev–Trinajstić information content (AvgIpc) is 2.64. The van der Waals surface area contributed by atoms with E-state index in [4.69, 9.17) is 16.3 Å². The number of halogens is 1.